The number of sulfonamides is 1. The van der Waals surface area contributed by atoms with Crippen LogP contribution in [0.3, 0.4) is 0 Å². The van der Waals surface area contributed by atoms with Crippen LogP contribution in [-0.4, -0.2) is 75.3 Å². The van der Waals surface area contributed by atoms with Gasteiger partial charge in [-0.3, -0.25) is 9.29 Å². The van der Waals surface area contributed by atoms with Crippen LogP contribution < -0.4 is 14.2 Å². The van der Waals surface area contributed by atoms with E-state index in [1.807, 2.05) is 20.8 Å². The standard InChI is InChI=1S/C23H32N8O6S/c1-13(2)37-18(19-24-10-14(3)11-25-19)15(4)38(32,33)30-23-29-28-20(16-8-7-9-36-16)31(23)17-21(34-5)26-12-27-22(17)35-6/h10-13,15-16,18H,7-9H2,1-6H3,(H,29,30)/t15-,16+,18+/m0/s1. The van der Waals surface area contributed by atoms with Crippen molar-refractivity contribution in [3.8, 4) is 17.4 Å². The molecule has 0 aliphatic carbocycles. The summed E-state index contributed by atoms with van der Waals surface area (Å²) in [6.45, 7) is 7.53. The van der Waals surface area contributed by atoms with Crippen molar-refractivity contribution in [2.24, 2.45) is 0 Å². The lowest BCUT2D eigenvalue weighted by Gasteiger charge is -2.25. The van der Waals surface area contributed by atoms with Crippen LogP contribution in [0.15, 0.2) is 18.7 Å². The summed E-state index contributed by atoms with van der Waals surface area (Å²) in [5.41, 5.74) is 1.07. The number of anilines is 1. The van der Waals surface area contributed by atoms with Crippen molar-refractivity contribution in [3.05, 3.63) is 35.9 Å². The molecule has 1 saturated heterocycles. The van der Waals surface area contributed by atoms with Gasteiger partial charge in [-0.2, -0.15) is 9.97 Å². The highest BCUT2D eigenvalue weighted by Gasteiger charge is 2.37. The maximum absolute atomic E-state index is 13.7. The van der Waals surface area contributed by atoms with Crippen molar-refractivity contribution in [2.75, 3.05) is 25.5 Å². The average Bonchev–Trinajstić information content (AvgIpc) is 3.56. The van der Waals surface area contributed by atoms with Crippen molar-refractivity contribution >= 4 is 16.0 Å². The van der Waals surface area contributed by atoms with Crippen LogP contribution in [0, 0.1) is 6.92 Å². The van der Waals surface area contributed by atoms with E-state index in [4.69, 9.17) is 18.9 Å². The van der Waals surface area contributed by atoms with Gasteiger partial charge in [0.05, 0.1) is 20.3 Å². The summed E-state index contributed by atoms with van der Waals surface area (Å²) < 4.78 is 54.2. The van der Waals surface area contributed by atoms with Crippen LogP contribution in [0.25, 0.3) is 5.69 Å². The molecule has 0 saturated carbocycles. The zero-order valence-electron chi connectivity index (χ0n) is 22.2. The molecule has 0 bridgehead atoms. The quantitative estimate of drug-likeness (QED) is 0.372. The highest BCUT2D eigenvalue weighted by atomic mass is 32.2. The molecule has 0 amide bonds. The second-order valence-electron chi connectivity index (χ2n) is 9.04. The third-order valence-corrected chi connectivity index (χ3v) is 7.59. The van der Waals surface area contributed by atoms with Gasteiger partial charge in [0.25, 0.3) is 0 Å². The number of hydrogen-bond donors (Lipinski definition) is 1. The van der Waals surface area contributed by atoms with Crippen LogP contribution in [0.2, 0.25) is 0 Å². The van der Waals surface area contributed by atoms with Crippen LogP contribution in [0.4, 0.5) is 5.95 Å². The zero-order valence-corrected chi connectivity index (χ0v) is 23.0. The predicted molar refractivity (Wildman–Crippen MR) is 136 cm³/mol. The number of methoxy groups -OCH3 is 2. The fraction of sp³-hybridized carbons (Fsp3) is 0.565. The predicted octanol–water partition coefficient (Wildman–Crippen LogP) is 2.32. The highest BCUT2D eigenvalue weighted by molar-refractivity contribution is 7.93. The minimum Gasteiger partial charge on any atom is -0.479 e. The van der Waals surface area contributed by atoms with Crippen molar-refractivity contribution in [3.63, 3.8) is 0 Å². The third-order valence-electron chi connectivity index (χ3n) is 5.89. The van der Waals surface area contributed by atoms with E-state index in [2.05, 4.69) is 34.9 Å². The van der Waals surface area contributed by atoms with E-state index in [0.29, 0.717) is 18.9 Å². The Balaban J connectivity index is 1.78. The molecule has 1 aliphatic rings. The Bertz CT molecular complexity index is 1320. The smallest absolute Gasteiger partial charge is 0.245 e. The molecule has 3 aromatic heterocycles. The molecule has 14 nitrogen and oxygen atoms in total. The molecular weight excluding hydrogens is 516 g/mol. The molecule has 0 unspecified atom stereocenters. The first-order chi connectivity index (χ1) is 18.2. The first kappa shape index (κ1) is 27.6. The Morgan fingerprint density at radius 2 is 1.71 bits per heavy atom. The molecule has 1 fully saturated rings. The molecule has 38 heavy (non-hydrogen) atoms. The molecule has 3 atom stereocenters. The number of rotatable bonds is 11. The number of hydrogen-bond acceptors (Lipinski definition) is 12. The van der Waals surface area contributed by atoms with Gasteiger partial charge in [-0.05, 0) is 46.1 Å². The van der Waals surface area contributed by atoms with Gasteiger partial charge in [-0.15, -0.1) is 10.2 Å². The summed E-state index contributed by atoms with van der Waals surface area (Å²) in [6.07, 6.45) is 4.34. The van der Waals surface area contributed by atoms with Gasteiger partial charge in [0.2, 0.25) is 27.7 Å². The van der Waals surface area contributed by atoms with E-state index in [1.54, 1.807) is 12.4 Å². The lowest BCUT2D eigenvalue weighted by Crippen LogP contribution is -2.35. The molecular formula is C23H32N8O6S. The number of nitrogens with one attached hydrogen (secondary N) is 1. The first-order valence-electron chi connectivity index (χ1n) is 12.1. The van der Waals surface area contributed by atoms with Gasteiger partial charge in [0.1, 0.15) is 23.8 Å². The summed E-state index contributed by atoms with van der Waals surface area (Å²) in [5.74, 6) is 0.776. The van der Waals surface area contributed by atoms with Gasteiger partial charge >= 0.3 is 0 Å². The van der Waals surface area contributed by atoms with E-state index in [-0.39, 0.29) is 35.3 Å². The maximum atomic E-state index is 13.7. The summed E-state index contributed by atoms with van der Waals surface area (Å²) in [4.78, 5) is 17.0. The van der Waals surface area contributed by atoms with E-state index in [1.165, 1.54) is 32.0 Å². The van der Waals surface area contributed by atoms with Gasteiger partial charge in [-0.25, -0.2) is 18.4 Å². The van der Waals surface area contributed by atoms with Crippen LogP contribution in [0.1, 0.15) is 63.0 Å². The SMILES string of the molecule is COc1ncnc(OC)c1-n1c(NS(=O)(=O)[C@@H](C)[C@@H](OC(C)C)c2ncc(C)cn2)nnc1[C@H]1CCCO1. The average molecular weight is 549 g/mol. The molecule has 1 N–H and O–H groups in total. The largest absolute Gasteiger partial charge is 0.479 e. The number of aryl methyl sites for hydroxylation is 1. The molecule has 4 heterocycles. The normalized spacial score (nSPS) is 17.4. The molecule has 3 aromatic rings. The lowest BCUT2D eigenvalue weighted by atomic mass is 10.2. The van der Waals surface area contributed by atoms with E-state index in [0.717, 1.165) is 12.0 Å². The van der Waals surface area contributed by atoms with E-state index in [9.17, 15) is 8.42 Å². The van der Waals surface area contributed by atoms with Crippen molar-refractivity contribution in [2.45, 2.75) is 64.1 Å². The third kappa shape index (κ3) is 5.68. The lowest BCUT2D eigenvalue weighted by molar-refractivity contribution is 0.00152. The Labute approximate surface area is 221 Å². The van der Waals surface area contributed by atoms with Crippen molar-refractivity contribution in [1.29, 1.82) is 0 Å². The molecule has 0 spiro atoms. The van der Waals surface area contributed by atoms with Crippen molar-refractivity contribution < 1.29 is 27.4 Å². The number of ether oxygens (including phenoxy) is 4. The maximum Gasteiger partial charge on any atom is 0.245 e. The second kappa shape index (κ2) is 11.5. The molecule has 206 valence electrons. The van der Waals surface area contributed by atoms with Crippen LogP contribution in [-0.2, 0) is 19.5 Å². The van der Waals surface area contributed by atoms with Crippen LogP contribution in [0.5, 0.6) is 11.8 Å². The Morgan fingerprint density at radius 1 is 1.05 bits per heavy atom. The molecule has 0 radical (unpaired) electrons. The van der Waals surface area contributed by atoms with E-state index < -0.39 is 27.5 Å². The van der Waals surface area contributed by atoms with Crippen LogP contribution >= 0.6 is 0 Å². The molecule has 0 aromatic carbocycles. The number of nitrogens with zero attached hydrogens (tertiary/aromatic N) is 7. The van der Waals surface area contributed by atoms with Gasteiger partial charge in [0, 0.05) is 19.0 Å². The second-order valence-corrected chi connectivity index (χ2v) is 11.1. The summed E-state index contributed by atoms with van der Waals surface area (Å²) in [6, 6.07) is 0. The molecule has 15 heteroatoms. The van der Waals surface area contributed by atoms with Crippen molar-refractivity contribution in [1.82, 2.24) is 34.7 Å². The Kier molecular flexibility index (Phi) is 8.38. The van der Waals surface area contributed by atoms with Gasteiger partial charge < -0.3 is 18.9 Å². The fourth-order valence-electron chi connectivity index (χ4n) is 4.02. The van der Waals surface area contributed by atoms with E-state index >= 15 is 0 Å². The number of aromatic nitrogens is 7. The monoisotopic (exact) mass is 548 g/mol. The van der Waals surface area contributed by atoms with Gasteiger partial charge in [-0.1, -0.05) is 0 Å². The zero-order chi connectivity index (χ0) is 27.4. The highest BCUT2D eigenvalue weighted by Crippen LogP contribution is 2.37. The minimum absolute atomic E-state index is 0.109. The fourth-order valence-corrected chi connectivity index (χ4v) is 5.10. The van der Waals surface area contributed by atoms with Gasteiger partial charge in [0.15, 0.2) is 17.3 Å². The Hall–Kier alpha value is -3.43. The summed E-state index contributed by atoms with van der Waals surface area (Å²) in [7, 11) is -1.27. The summed E-state index contributed by atoms with van der Waals surface area (Å²) in [5, 5.41) is 7.32. The Morgan fingerprint density at radius 3 is 2.26 bits per heavy atom. The molecule has 1 aliphatic heterocycles. The first-order valence-corrected chi connectivity index (χ1v) is 13.7. The molecule has 4 rings (SSSR count). The topological polar surface area (TPSA) is 165 Å². The summed E-state index contributed by atoms with van der Waals surface area (Å²) >= 11 is 0. The minimum atomic E-state index is -4.14.